The van der Waals surface area contributed by atoms with Crippen molar-refractivity contribution in [2.75, 3.05) is 59.0 Å². The van der Waals surface area contributed by atoms with Crippen molar-refractivity contribution in [3.63, 3.8) is 0 Å². The van der Waals surface area contributed by atoms with Crippen LogP contribution in [0, 0.1) is 0 Å². The number of amides is 1. The van der Waals surface area contributed by atoms with Gasteiger partial charge in [0, 0.05) is 39.1 Å². The molecule has 39 heavy (non-hydrogen) atoms. The lowest BCUT2D eigenvalue weighted by Crippen LogP contribution is -2.46. The summed E-state index contributed by atoms with van der Waals surface area (Å²) in [6.45, 7) is 5.65. The molecule has 0 aromatic heterocycles. The topological polar surface area (TPSA) is 63.3 Å². The number of piperazine rings is 1. The molecule has 208 valence electrons. The monoisotopic (exact) mass is 531 g/mol. The van der Waals surface area contributed by atoms with Gasteiger partial charge in [-0.2, -0.15) is 0 Å². The highest BCUT2D eigenvalue weighted by Gasteiger charge is 2.19. The second-order valence-corrected chi connectivity index (χ2v) is 9.78. The van der Waals surface area contributed by atoms with Gasteiger partial charge in [0.2, 0.25) is 5.91 Å². The number of anilines is 1. The number of methoxy groups -OCH3 is 3. The molecule has 1 amide bonds. The lowest BCUT2D eigenvalue weighted by Gasteiger charge is -2.36. The summed E-state index contributed by atoms with van der Waals surface area (Å²) in [5.74, 6) is 2.51. The number of unbranched alkanes of at least 4 members (excludes halogenated alkanes) is 2. The van der Waals surface area contributed by atoms with E-state index in [1.807, 2.05) is 54.6 Å². The van der Waals surface area contributed by atoms with E-state index < -0.39 is 0 Å². The first-order valence-electron chi connectivity index (χ1n) is 13.8. The summed E-state index contributed by atoms with van der Waals surface area (Å²) in [6.07, 6.45) is 3.60. The van der Waals surface area contributed by atoms with Crippen molar-refractivity contribution in [3.8, 4) is 28.4 Å². The summed E-state index contributed by atoms with van der Waals surface area (Å²) in [5.41, 5.74) is 4.10. The van der Waals surface area contributed by atoms with Crippen molar-refractivity contribution in [3.05, 3.63) is 72.3 Å². The van der Waals surface area contributed by atoms with Crippen molar-refractivity contribution in [2.24, 2.45) is 0 Å². The van der Waals surface area contributed by atoms with Crippen molar-refractivity contribution in [2.45, 2.75) is 32.2 Å². The van der Waals surface area contributed by atoms with Gasteiger partial charge in [0.15, 0.2) is 0 Å². The van der Waals surface area contributed by atoms with Crippen LogP contribution in [-0.2, 0) is 11.3 Å². The molecule has 0 bridgehead atoms. The predicted molar refractivity (Wildman–Crippen MR) is 157 cm³/mol. The molecule has 0 unspecified atom stereocenters. The minimum Gasteiger partial charge on any atom is -0.496 e. The molecule has 0 spiro atoms. The molecular weight excluding hydrogens is 490 g/mol. The Hall–Kier alpha value is -3.71. The first-order chi connectivity index (χ1) is 19.1. The van der Waals surface area contributed by atoms with Crippen molar-refractivity contribution in [1.82, 2.24) is 10.2 Å². The first kappa shape index (κ1) is 28.3. The average Bonchev–Trinajstić information content (AvgIpc) is 2.99. The summed E-state index contributed by atoms with van der Waals surface area (Å²) in [6, 6.07) is 22.0. The summed E-state index contributed by atoms with van der Waals surface area (Å²) in [7, 11) is 5.04. The number of rotatable bonds is 13. The fourth-order valence-electron chi connectivity index (χ4n) is 5.22. The SMILES string of the molecule is COc1ccccc1N1CCN(CCCCCC(=O)NCc2ccccc2-c2c(OC)cccc2OC)CC1. The Morgan fingerprint density at radius 1 is 0.744 bits per heavy atom. The zero-order valence-electron chi connectivity index (χ0n) is 23.4. The second-order valence-electron chi connectivity index (χ2n) is 9.78. The smallest absolute Gasteiger partial charge is 0.220 e. The van der Waals surface area contributed by atoms with Gasteiger partial charge < -0.3 is 24.4 Å². The van der Waals surface area contributed by atoms with Gasteiger partial charge in [0.05, 0.1) is 32.6 Å². The summed E-state index contributed by atoms with van der Waals surface area (Å²) in [5, 5.41) is 3.11. The number of nitrogens with one attached hydrogen (secondary N) is 1. The Bertz CT molecular complexity index is 1190. The van der Waals surface area contributed by atoms with Gasteiger partial charge in [-0.3, -0.25) is 9.69 Å². The van der Waals surface area contributed by atoms with Crippen LogP contribution in [0.25, 0.3) is 11.1 Å². The number of hydrogen-bond acceptors (Lipinski definition) is 6. The molecule has 0 saturated carbocycles. The van der Waals surface area contributed by atoms with E-state index in [2.05, 4.69) is 27.2 Å². The zero-order chi connectivity index (χ0) is 27.5. The quantitative estimate of drug-likeness (QED) is 0.299. The van der Waals surface area contributed by atoms with Crippen LogP contribution in [0.2, 0.25) is 0 Å². The Kier molecular flexibility index (Phi) is 10.5. The third-order valence-corrected chi connectivity index (χ3v) is 7.37. The highest BCUT2D eigenvalue weighted by molar-refractivity contribution is 5.80. The Morgan fingerprint density at radius 2 is 1.38 bits per heavy atom. The largest absolute Gasteiger partial charge is 0.496 e. The number of nitrogens with zero attached hydrogens (tertiary/aromatic N) is 2. The van der Waals surface area contributed by atoms with Crippen molar-refractivity contribution in [1.29, 1.82) is 0 Å². The van der Waals surface area contributed by atoms with Crippen LogP contribution in [0.5, 0.6) is 17.2 Å². The maximum absolute atomic E-state index is 12.6. The van der Waals surface area contributed by atoms with E-state index in [0.29, 0.717) is 13.0 Å². The van der Waals surface area contributed by atoms with Crippen LogP contribution in [0.15, 0.2) is 66.7 Å². The molecule has 1 fully saturated rings. The van der Waals surface area contributed by atoms with E-state index in [9.17, 15) is 4.79 Å². The molecule has 1 heterocycles. The molecule has 3 aromatic carbocycles. The second kappa shape index (κ2) is 14.4. The molecule has 7 nitrogen and oxygen atoms in total. The average molecular weight is 532 g/mol. The van der Waals surface area contributed by atoms with Gasteiger partial charge in [-0.15, -0.1) is 0 Å². The molecule has 0 aliphatic carbocycles. The fourth-order valence-corrected chi connectivity index (χ4v) is 5.22. The van der Waals surface area contributed by atoms with Crippen molar-refractivity contribution < 1.29 is 19.0 Å². The summed E-state index contributed by atoms with van der Waals surface area (Å²) < 4.78 is 16.7. The maximum Gasteiger partial charge on any atom is 0.220 e. The van der Waals surface area contributed by atoms with Gasteiger partial charge in [0.25, 0.3) is 0 Å². The lowest BCUT2D eigenvalue weighted by molar-refractivity contribution is -0.121. The molecule has 1 saturated heterocycles. The maximum atomic E-state index is 12.6. The Balaban J connectivity index is 1.18. The minimum absolute atomic E-state index is 0.0854. The molecule has 0 radical (unpaired) electrons. The molecular formula is C32H41N3O4. The normalized spacial score (nSPS) is 13.7. The van der Waals surface area contributed by atoms with Crippen LogP contribution in [0.3, 0.4) is 0 Å². The van der Waals surface area contributed by atoms with E-state index in [-0.39, 0.29) is 5.91 Å². The standard InChI is InChI=1S/C32H41N3O4/c1-37-28-15-9-8-14-27(28)35-22-20-34(21-23-35)19-10-4-5-18-31(36)33-24-25-12-6-7-13-26(25)32-29(38-2)16-11-17-30(32)39-3/h6-9,11-17H,4-5,10,18-24H2,1-3H3,(H,33,36). The van der Waals surface area contributed by atoms with Gasteiger partial charge in [-0.05, 0) is 54.8 Å². The van der Waals surface area contributed by atoms with E-state index in [1.165, 1.54) is 5.69 Å². The Labute approximate surface area is 232 Å². The number of carbonyl (C=O) groups is 1. The Morgan fingerprint density at radius 3 is 2.10 bits per heavy atom. The predicted octanol–water partition coefficient (Wildman–Crippen LogP) is 5.38. The molecule has 0 atom stereocenters. The van der Waals surface area contributed by atoms with Gasteiger partial charge in [-0.25, -0.2) is 0 Å². The van der Waals surface area contributed by atoms with Crippen LogP contribution >= 0.6 is 0 Å². The molecule has 7 heteroatoms. The van der Waals surface area contributed by atoms with Crippen LogP contribution < -0.4 is 24.4 Å². The third-order valence-electron chi connectivity index (χ3n) is 7.37. The van der Waals surface area contributed by atoms with Gasteiger partial charge in [0.1, 0.15) is 17.2 Å². The molecule has 1 N–H and O–H groups in total. The summed E-state index contributed by atoms with van der Waals surface area (Å²) in [4.78, 5) is 17.5. The van der Waals surface area contributed by atoms with E-state index in [1.54, 1.807) is 21.3 Å². The molecule has 4 rings (SSSR count). The summed E-state index contributed by atoms with van der Waals surface area (Å²) >= 11 is 0. The van der Waals surface area contributed by atoms with E-state index >= 15 is 0 Å². The highest BCUT2D eigenvalue weighted by atomic mass is 16.5. The lowest BCUT2D eigenvalue weighted by atomic mass is 9.97. The van der Waals surface area contributed by atoms with Crippen LogP contribution in [0.1, 0.15) is 31.2 Å². The first-order valence-corrected chi connectivity index (χ1v) is 13.8. The van der Waals surface area contributed by atoms with Gasteiger partial charge >= 0.3 is 0 Å². The van der Waals surface area contributed by atoms with Crippen LogP contribution in [-0.4, -0.2) is 64.9 Å². The minimum atomic E-state index is 0.0854. The number of benzene rings is 3. The fraction of sp³-hybridized carbons (Fsp3) is 0.406. The van der Waals surface area contributed by atoms with Gasteiger partial charge in [-0.1, -0.05) is 48.9 Å². The molecule has 1 aliphatic heterocycles. The van der Waals surface area contributed by atoms with Crippen LogP contribution in [0.4, 0.5) is 5.69 Å². The number of ether oxygens (including phenoxy) is 3. The molecule has 3 aromatic rings. The third kappa shape index (κ3) is 7.45. The number of hydrogen-bond donors (Lipinski definition) is 1. The highest BCUT2D eigenvalue weighted by Crippen LogP contribution is 2.39. The number of para-hydroxylation sites is 2. The number of carbonyl (C=O) groups excluding carboxylic acids is 1. The zero-order valence-corrected chi connectivity index (χ0v) is 23.4. The van der Waals surface area contributed by atoms with E-state index in [0.717, 1.165) is 85.9 Å². The van der Waals surface area contributed by atoms with Crippen molar-refractivity contribution >= 4 is 11.6 Å². The van der Waals surface area contributed by atoms with E-state index in [4.69, 9.17) is 14.2 Å². The molecule has 1 aliphatic rings.